The van der Waals surface area contributed by atoms with Gasteiger partial charge in [-0.05, 0) is 49.6 Å². The minimum atomic E-state index is -0.900. The van der Waals surface area contributed by atoms with E-state index in [9.17, 15) is 14.4 Å². The van der Waals surface area contributed by atoms with Crippen LogP contribution in [0.15, 0.2) is 48.8 Å². The summed E-state index contributed by atoms with van der Waals surface area (Å²) in [5.41, 5.74) is 2.82. The molecule has 0 saturated carbocycles. The van der Waals surface area contributed by atoms with Gasteiger partial charge in [0.2, 0.25) is 5.91 Å². The molecule has 0 spiro atoms. The number of aryl methyl sites for hydroxylation is 1. The molecule has 2 amide bonds. The largest absolute Gasteiger partial charge is 0.481 e. The number of benzene rings is 1. The molecule has 1 aromatic carbocycles. The van der Waals surface area contributed by atoms with Crippen LogP contribution < -0.4 is 5.32 Å². The van der Waals surface area contributed by atoms with E-state index in [4.69, 9.17) is 5.11 Å². The number of carbonyl (C=O) groups excluding carboxylic acids is 2. The number of anilines is 1. The molecule has 3 aromatic rings. The van der Waals surface area contributed by atoms with Gasteiger partial charge < -0.3 is 15.3 Å². The van der Waals surface area contributed by atoms with Crippen molar-refractivity contribution in [3.63, 3.8) is 0 Å². The zero-order valence-corrected chi connectivity index (χ0v) is 19.0. The predicted octanol–water partition coefficient (Wildman–Crippen LogP) is 3.63. The summed E-state index contributed by atoms with van der Waals surface area (Å²) >= 11 is 1.35. The smallest absolute Gasteiger partial charge is 0.307 e. The van der Waals surface area contributed by atoms with Crippen LogP contribution in [0.4, 0.5) is 5.69 Å². The van der Waals surface area contributed by atoms with Crippen LogP contribution in [0, 0.1) is 12.8 Å². The van der Waals surface area contributed by atoms with E-state index in [1.165, 1.54) is 11.3 Å². The average molecular weight is 465 g/mol. The van der Waals surface area contributed by atoms with E-state index in [1.54, 1.807) is 41.6 Å². The minimum Gasteiger partial charge on any atom is -0.481 e. The van der Waals surface area contributed by atoms with Crippen LogP contribution in [0.2, 0.25) is 0 Å². The molecule has 1 aliphatic heterocycles. The van der Waals surface area contributed by atoms with E-state index >= 15 is 0 Å². The third-order valence-electron chi connectivity index (χ3n) is 5.56. The lowest BCUT2D eigenvalue weighted by Crippen LogP contribution is -2.43. The third kappa shape index (κ3) is 5.43. The second-order valence-electron chi connectivity index (χ2n) is 8.02. The van der Waals surface area contributed by atoms with Gasteiger partial charge in [-0.3, -0.25) is 19.4 Å². The van der Waals surface area contributed by atoms with Crippen molar-refractivity contribution < 1.29 is 19.5 Å². The fourth-order valence-corrected chi connectivity index (χ4v) is 4.88. The normalized spacial score (nSPS) is 15.8. The molecule has 1 atom stereocenters. The van der Waals surface area contributed by atoms with Crippen molar-refractivity contribution in [1.29, 1.82) is 0 Å². The summed E-state index contributed by atoms with van der Waals surface area (Å²) in [5, 5.41) is 12.5. The molecule has 8 nitrogen and oxygen atoms in total. The second-order valence-corrected chi connectivity index (χ2v) is 9.02. The van der Waals surface area contributed by atoms with Crippen LogP contribution in [-0.4, -0.2) is 50.8 Å². The molecule has 1 aliphatic rings. The van der Waals surface area contributed by atoms with Crippen LogP contribution in [0.25, 0.3) is 10.6 Å². The van der Waals surface area contributed by atoms with Gasteiger partial charge in [-0.1, -0.05) is 12.1 Å². The van der Waals surface area contributed by atoms with E-state index in [0.29, 0.717) is 41.3 Å². The van der Waals surface area contributed by atoms with Gasteiger partial charge in [0.25, 0.3) is 5.91 Å². The lowest BCUT2D eigenvalue weighted by atomic mass is 9.96. The number of aromatic nitrogens is 2. The van der Waals surface area contributed by atoms with Crippen LogP contribution in [-0.2, 0) is 16.0 Å². The van der Waals surface area contributed by atoms with Crippen LogP contribution >= 0.6 is 11.3 Å². The molecule has 1 unspecified atom stereocenters. The minimum absolute atomic E-state index is 0.0621. The molecule has 4 rings (SSSR count). The predicted molar refractivity (Wildman–Crippen MR) is 125 cm³/mol. The van der Waals surface area contributed by atoms with E-state index in [-0.39, 0.29) is 24.2 Å². The highest BCUT2D eigenvalue weighted by Gasteiger charge is 2.30. The quantitative estimate of drug-likeness (QED) is 0.576. The van der Waals surface area contributed by atoms with Crippen molar-refractivity contribution in [2.75, 3.05) is 18.4 Å². The number of likely N-dealkylation sites (tertiary alicyclic amines) is 1. The molecular formula is C24H24N4O4S. The molecule has 2 N–H and O–H groups in total. The Bertz CT molecular complexity index is 1160. The van der Waals surface area contributed by atoms with Crippen LogP contribution in [0.1, 0.15) is 33.8 Å². The van der Waals surface area contributed by atoms with E-state index in [0.717, 1.165) is 17.0 Å². The third-order valence-corrected chi connectivity index (χ3v) is 6.75. The highest BCUT2D eigenvalue weighted by atomic mass is 32.1. The average Bonchev–Trinajstić information content (AvgIpc) is 3.21. The number of nitrogens with zero attached hydrogens (tertiary/aromatic N) is 3. The lowest BCUT2D eigenvalue weighted by molar-refractivity contribution is -0.136. The van der Waals surface area contributed by atoms with Gasteiger partial charge in [0, 0.05) is 36.7 Å². The molecule has 2 aromatic heterocycles. The summed E-state index contributed by atoms with van der Waals surface area (Å²) in [6.45, 7) is 2.78. The summed E-state index contributed by atoms with van der Waals surface area (Å²) in [6, 6.07) is 10.5. The fourth-order valence-electron chi connectivity index (χ4n) is 3.85. The summed E-state index contributed by atoms with van der Waals surface area (Å²) in [4.78, 5) is 47.8. The topological polar surface area (TPSA) is 112 Å². The summed E-state index contributed by atoms with van der Waals surface area (Å²) < 4.78 is 0. The fraction of sp³-hybridized carbons (Fsp3) is 0.292. The number of aliphatic carboxylic acids is 1. The number of hydrogen-bond acceptors (Lipinski definition) is 6. The maximum atomic E-state index is 13.2. The van der Waals surface area contributed by atoms with Crippen molar-refractivity contribution in [2.45, 2.75) is 26.2 Å². The lowest BCUT2D eigenvalue weighted by Gasteiger charge is -2.31. The van der Waals surface area contributed by atoms with Crippen molar-refractivity contribution in [1.82, 2.24) is 14.9 Å². The van der Waals surface area contributed by atoms with Gasteiger partial charge in [-0.15, -0.1) is 11.3 Å². The maximum Gasteiger partial charge on any atom is 0.307 e. The van der Waals surface area contributed by atoms with Crippen molar-refractivity contribution in [3.05, 3.63) is 64.9 Å². The molecule has 1 fully saturated rings. The van der Waals surface area contributed by atoms with Crippen molar-refractivity contribution in [3.8, 4) is 10.6 Å². The Kier molecular flexibility index (Phi) is 6.79. The van der Waals surface area contributed by atoms with Gasteiger partial charge in [0.05, 0.1) is 18.0 Å². The second kappa shape index (κ2) is 9.91. The zero-order chi connectivity index (χ0) is 23.4. The Morgan fingerprint density at radius 1 is 1.21 bits per heavy atom. The number of carboxylic acid groups (broad SMARTS) is 1. The van der Waals surface area contributed by atoms with E-state index in [1.807, 2.05) is 19.1 Å². The van der Waals surface area contributed by atoms with E-state index < -0.39 is 5.97 Å². The first kappa shape index (κ1) is 22.6. The number of nitrogens with one attached hydrogen (secondary N) is 1. The Hall–Kier alpha value is -3.59. The van der Waals surface area contributed by atoms with Crippen LogP contribution in [0.5, 0.6) is 0 Å². The summed E-state index contributed by atoms with van der Waals surface area (Å²) in [5.74, 6) is -1.46. The van der Waals surface area contributed by atoms with Gasteiger partial charge in [0.1, 0.15) is 9.88 Å². The van der Waals surface area contributed by atoms with Gasteiger partial charge >= 0.3 is 5.97 Å². The molecule has 9 heteroatoms. The summed E-state index contributed by atoms with van der Waals surface area (Å²) in [6.07, 6.45) is 4.80. The van der Waals surface area contributed by atoms with Crippen LogP contribution in [0.3, 0.4) is 0 Å². The number of carboxylic acids is 1. The number of hydrogen-bond donors (Lipinski definition) is 2. The number of carbonyl (C=O) groups is 3. The van der Waals surface area contributed by atoms with Crippen molar-refractivity contribution >= 4 is 34.8 Å². The number of piperidine rings is 1. The first-order valence-electron chi connectivity index (χ1n) is 10.7. The molecule has 170 valence electrons. The maximum absolute atomic E-state index is 13.2. The zero-order valence-electron chi connectivity index (χ0n) is 18.2. The molecule has 0 radical (unpaired) electrons. The molecule has 33 heavy (non-hydrogen) atoms. The Balaban J connectivity index is 1.41. The monoisotopic (exact) mass is 464 g/mol. The highest BCUT2D eigenvalue weighted by Crippen LogP contribution is 2.29. The Morgan fingerprint density at radius 3 is 2.70 bits per heavy atom. The Morgan fingerprint density at radius 2 is 2.00 bits per heavy atom. The number of rotatable bonds is 6. The first-order chi connectivity index (χ1) is 15.9. The standard InChI is InChI=1S/C24H24N4O4S/c1-15-21(33-23(26-15)17-4-2-10-25-13-17)24(32)28-11-3-5-18(14-28)22(31)27-19-8-6-16(7-9-19)12-20(29)30/h2,4,6-10,13,18H,3,5,11-12,14H2,1H3,(H,27,31)(H,29,30). The van der Waals surface area contributed by atoms with Crippen molar-refractivity contribution in [2.24, 2.45) is 5.92 Å². The van der Waals surface area contributed by atoms with Gasteiger partial charge in [0.15, 0.2) is 0 Å². The van der Waals surface area contributed by atoms with Gasteiger partial charge in [-0.2, -0.15) is 0 Å². The number of pyridine rings is 1. The molecule has 0 aliphatic carbocycles. The number of thiazole rings is 1. The SMILES string of the molecule is Cc1nc(-c2cccnc2)sc1C(=O)N1CCCC(C(=O)Nc2ccc(CC(=O)O)cc2)C1. The summed E-state index contributed by atoms with van der Waals surface area (Å²) in [7, 11) is 0. The first-order valence-corrected chi connectivity index (χ1v) is 11.5. The Labute approximate surface area is 195 Å². The van der Waals surface area contributed by atoms with E-state index in [2.05, 4.69) is 15.3 Å². The van der Waals surface area contributed by atoms with Gasteiger partial charge in [-0.25, -0.2) is 4.98 Å². The molecular weight excluding hydrogens is 440 g/mol. The highest BCUT2D eigenvalue weighted by molar-refractivity contribution is 7.17. The molecule has 3 heterocycles. The molecule has 1 saturated heterocycles. The number of amides is 2. The molecule has 0 bridgehead atoms.